The van der Waals surface area contributed by atoms with Crippen molar-refractivity contribution in [3.05, 3.63) is 64.2 Å². The van der Waals surface area contributed by atoms with Crippen molar-refractivity contribution in [3.8, 4) is 5.75 Å². The number of ether oxygens (including phenoxy) is 1. The molecule has 112 valence electrons. The lowest BCUT2D eigenvalue weighted by Crippen LogP contribution is -2.19. The summed E-state index contributed by atoms with van der Waals surface area (Å²) in [6.07, 6.45) is 0.358. The Labute approximate surface area is 127 Å². The van der Waals surface area contributed by atoms with E-state index in [-0.39, 0.29) is 17.6 Å². The molecule has 0 radical (unpaired) electrons. The van der Waals surface area contributed by atoms with Crippen LogP contribution in [0.15, 0.2) is 36.4 Å². The summed E-state index contributed by atoms with van der Waals surface area (Å²) >= 11 is 6.05. The van der Waals surface area contributed by atoms with Gasteiger partial charge in [-0.05, 0) is 43.3 Å². The molecule has 0 aliphatic rings. The van der Waals surface area contributed by atoms with Gasteiger partial charge in [0.05, 0.1) is 7.11 Å². The van der Waals surface area contributed by atoms with E-state index in [0.717, 1.165) is 5.56 Å². The van der Waals surface area contributed by atoms with E-state index in [1.165, 1.54) is 19.2 Å². The Morgan fingerprint density at radius 1 is 1.19 bits per heavy atom. The van der Waals surface area contributed by atoms with Crippen LogP contribution < -0.4 is 10.1 Å². The zero-order chi connectivity index (χ0) is 15.4. The lowest BCUT2D eigenvalue weighted by atomic mass is 9.98. The average Bonchev–Trinajstić information content (AvgIpc) is 2.48. The molecule has 5 heteroatoms. The zero-order valence-electron chi connectivity index (χ0n) is 11.8. The highest BCUT2D eigenvalue weighted by Gasteiger charge is 2.17. The number of likely N-dealkylation sites (N-methyl/N-ethyl adjacent to an activating group) is 1. The lowest BCUT2D eigenvalue weighted by molar-refractivity contribution is 0.385. The molecule has 0 bridgehead atoms. The molecule has 21 heavy (non-hydrogen) atoms. The molecule has 0 spiro atoms. The quantitative estimate of drug-likeness (QED) is 0.896. The number of nitrogens with one attached hydrogen (secondary N) is 1. The number of methoxy groups -OCH3 is 1. The van der Waals surface area contributed by atoms with E-state index in [1.807, 2.05) is 0 Å². The van der Waals surface area contributed by atoms with E-state index in [2.05, 4.69) is 5.32 Å². The van der Waals surface area contributed by atoms with Gasteiger partial charge in [0, 0.05) is 16.6 Å². The second-order valence-corrected chi connectivity index (χ2v) is 5.05. The minimum atomic E-state index is -0.431. The molecule has 0 aliphatic heterocycles. The maximum atomic E-state index is 13.9. The third kappa shape index (κ3) is 3.52. The molecule has 0 amide bonds. The summed E-state index contributed by atoms with van der Waals surface area (Å²) in [6.45, 7) is 0. The molecule has 0 aromatic heterocycles. The van der Waals surface area contributed by atoms with Gasteiger partial charge in [0.15, 0.2) is 11.6 Å². The second-order valence-electron chi connectivity index (χ2n) is 4.64. The number of hydrogen-bond donors (Lipinski definition) is 1. The van der Waals surface area contributed by atoms with Gasteiger partial charge in [-0.25, -0.2) is 8.78 Å². The van der Waals surface area contributed by atoms with E-state index in [4.69, 9.17) is 16.3 Å². The third-order valence-electron chi connectivity index (χ3n) is 3.40. The minimum Gasteiger partial charge on any atom is -0.494 e. The van der Waals surface area contributed by atoms with Crippen molar-refractivity contribution in [1.82, 2.24) is 5.32 Å². The van der Waals surface area contributed by atoms with Crippen LogP contribution in [0.25, 0.3) is 0 Å². The SMILES string of the molecule is CNC(Cc1c(F)cccc1Cl)c1ccc(F)c(OC)c1. The molecule has 0 aliphatic carbocycles. The molecule has 0 heterocycles. The van der Waals surface area contributed by atoms with Crippen molar-refractivity contribution >= 4 is 11.6 Å². The van der Waals surface area contributed by atoms with Crippen LogP contribution in [0.2, 0.25) is 5.02 Å². The van der Waals surface area contributed by atoms with Crippen molar-refractivity contribution in [2.45, 2.75) is 12.5 Å². The smallest absolute Gasteiger partial charge is 0.165 e. The number of benzene rings is 2. The predicted octanol–water partition coefficient (Wildman–Crippen LogP) is 4.13. The molecule has 2 nitrogen and oxygen atoms in total. The monoisotopic (exact) mass is 311 g/mol. The first-order chi connectivity index (χ1) is 10.1. The van der Waals surface area contributed by atoms with Crippen molar-refractivity contribution in [1.29, 1.82) is 0 Å². The van der Waals surface area contributed by atoms with Crippen molar-refractivity contribution < 1.29 is 13.5 Å². The highest BCUT2D eigenvalue weighted by atomic mass is 35.5. The zero-order valence-corrected chi connectivity index (χ0v) is 12.5. The van der Waals surface area contributed by atoms with Crippen LogP contribution in [0.1, 0.15) is 17.2 Å². The number of hydrogen-bond acceptors (Lipinski definition) is 2. The molecule has 1 atom stereocenters. The van der Waals surface area contributed by atoms with Gasteiger partial charge in [0.1, 0.15) is 5.82 Å². The van der Waals surface area contributed by atoms with Crippen molar-refractivity contribution in [3.63, 3.8) is 0 Å². The Bertz CT molecular complexity index is 613. The van der Waals surface area contributed by atoms with Gasteiger partial charge < -0.3 is 10.1 Å². The molecule has 0 saturated heterocycles. The van der Waals surface area contributed by atoms with Crippen LogP contribution in [0.4, 0.5) is 8.78 Å². The molecular weight excluding hydrogens is 296 g/mol. The first-order valence-corrected chi connectivity index (χ1v) is 6.88. The Kier molecular flexibility index (Phi) is 5.15. The summed E-state index contributed by atoms with van der Waals surface area (Å²) in [4.78, 5) is 0. The van der Waals surface area contributed by atoms with Crippen molar-refractivity contribution in [2.75, 3.05) is 14.2 Å². The molecule has 2 rings (SSSR count). The Balaban J connectivity index is 2.32. The van der Waals surface area contributed by atoms with Gasteiger partial charge in [-0.2, -0.15) is 0 Å². The summed E-state index contributed by atoms with van der Waals surface area (Å²) in [5.74, 6) is -0.621. The highest BCUT2D eigenvalue weighted by molar-refractivity contribution is 6.31. The first-order valence-electron chi connectivity index (χ1n) is 6.50. The second kappa shape index (κ2) is 6.87. The Morgan fingerprint density at radius 3 is 2.57 bits per heavy atom. The van der Waals surface area contributed by atoms with Crippen LogP contribution in [0.5, 0.6) is 5.75 Å². The Morgan fingerprint density at radius 2 is 1.95 bits per heavy atom. The summed E-state index contributed by atoms with van der Waals surface area (Å²) in [7, 11) is 3.17. The topological polar surface area (TPSA) is 21.3 Å². The van der Waals surface area contributed by atoms with E-state index in [1.54, 1.807) is 31.3 Å². The molecule has 2 aromatic carbocycles. The van der Waals surface area contributed by atoms with E-state index in [9.17, 15) is 8.78 Å². The van der Waals surface area contributed by atoms with Crippen LogP contribution in [0.3, 0.4) is 0 Å². The minimum absolute atomic E-state index is 0.160. The van der Waals surface area contributed by atoms with Crippen LogP contribution in [-0.4, -0.2) is 14.2 Å². The standard InChI is InChI=1S/C16H16ClF2NO/c1-20-15(9-11-12(17)4-3-5-13(11)18)10-6-7-14(19)16(8-10)21-2/h3-8,15,20H,9H2,1-2H3. The molecule has 1 unspecified atom stereocenters. The van der Waals surface area contributed by atoms with Crippen LogP contribution in [0, 0.1) is 11.6 Å². The number of rotatable bonds is 5. The van der Waals surface area contributed by atoms with Crippen molar-refractivity contribution in [2.24, 2.45) is 0 Å². The maximum Gasteiger partial charge on any atom is 0.165 e. The van der Waals surface area contributed by atoms with Crippen LogP contribution >= 0.6 is 11.6 Å². The Hall–Kier alpha value is -1.65. The summed E-state index contributed by atoms with van der Waals surface area (Å²) in [5, 5.41) is 3.47. The van der Waals surface area contributed by atoms with Crippen LogP contribution in [-0.2, 0) is 6.42 Å². The van der Waals surface area contributed by atoms with Gasteiger partial charge in [0.2, 0.25) is 0 Å². The largest absolute Gasteiger partial charge is 0.494 e. The molecule has 0 fully saturated rings. The summed E-state index contributed by atoms with van der Waals surface area (Å²) in [6, 6.07) is 8.97. The molecule has 0 saturated carbocycles. The van der Waals surface area contributed by atoms with E-state index in [0.29, 0.717) is 17.0 Å². The van der Waals surface area contributed by atoms with Gasteiger partial charge in [-0.3, -0.25) is 0 Å². The number of halogens is 3. The fourth-order valence-electron chi connectivity index (χ4n) is 2.21. The average molecular weight is 312 g/mol. The fourth-order valence-corrected chi connectivity index (χ4v) is 2.45. The normalized spacial score (nSPS) is 12.2. The van der Waals surface area contributed by atoms with E-state index >= 15 is 0 Å². The van der Waals surface area contributed by atoms with Gasteiger partial charge in [-0.15, -0.1) is 0 Å². The highest BCUT2D eigenvalue weighted by Crippen LogP contribution is 2.28. The van der Waals surface area contributed by atoms with Gasteiger partial charge >= 0.3 is 0 Å². The maximum absolute atomic E-state index is 13.9. The van der Waals surface area contributed by atoms with Gasteiger partial charge in [-0.1, -0.05) is 23.7 Å². The molecule has 2 aromatic rings. The summed E-state index contributed by atoms with van der Waals surface area (Å²) < 4.78 is 32.3. The third-order valence-corrected chi connectivity index (χ3v) is 3.75. The molecule has 1 N–H and O–H groups in total. The van der Waals surface area contributed by atoms with E-state index < -0.39 is 5.82 Å². The van der Waals surface area contributed by atoms with Gasteiger partial charge in [0.25, 0.3) is 0 Å². The lowest BCUT2D eigenvalue weighted by Gasteiger charge is -2.19. The molecular formula is C16H16ClF2NO. The first kappa shape index (κ1) is 15.7. The fraction of sp³-hybridized carbons (Fsp3) is 0.250. The summed E-state index contributed by atoms with van der Waals surface area (Å²) in [5.41, 5.74) is 1.23. The predicted molar refractivity (Wildman–Crippen MR) is 79.9 cm³/mol.